The van der Waals surface area contributed by atoms with Crippen molar-refractivity contribution in [2.75, 3.05) is 13.6 Å². The molecule has 0 heterocycles. The van der Waals surface area contributed by atoms with Gasteiger partial charge in [0, 0.05) is 6.54 Å². The first-order chi connectivity index (χ1) is 7.92. The molecule has 0 amide bonds. The second-order valence-electron chi connectivity index (χ2n) is 5.91. The van der Waals surface area contributed by atoms with Gasteiger partial charge in [0.15, 0.2) is 0 Å². The van der Waals surface area contributed by atoms with Gasteiger partial charge < -0.3 is 5.32 Å². The van der Waals surface area contributed by atoms with E-state index < -0.39 is 0 Å². The first-order valence-corrected chi connectivity index (χ1v) is 6.32. The monoisotopic (exact) mass is 237 g/mol. The highest BCUT2D eigenvalue weighted by Crippen LogP contribution is 2.28. The third-order valence-corrected chi connectivity index (χ3v) is 3.01. The fourth-order valence-corrected chi connectivity index (χ4v) is 2.00. The topological polar surface area (TPSA) is 12.0 Å². The second-order valence-corrected chi connectivity index (χ2v) is 5.91. The maximum atomic E-state index is 13.2. The Kier molecular flexibility index (Phi) is 5.13. The summed E-state index contributed by atoms with van der Waals surface area (Å²) in [6.07, 6.45) is 2.24. The molecule has 2 heteroatoms. The van der Waals surface area contributed by atoms with Crippen molar-refractivity contribution in [1.82, 2.24) is 5.32 Å². The molecule has 0 aliphatic heterocycles. The van der Waals surface area contributed by atoms with Gasteiger partial charge in [-0.3, -0.25) is 0 Å². The molecule has 1 aromatic carbocycles. The van der Waals surface area contributed by atoms with Crippen LogP contribution in [0.5, 0.6) is 0 Å². The van der Waals surface area contributed by atoms with Crippen molar-refractivity contribution in [2.24, 2.45) is 5.41 Å². The van der Waals surface area contributed by atoms with Gasteiger partial charge in [0.05, 0.1) is 0 Å². The number of benzene rings is 1. The number of rotatable bonds is 5. The van der Waals surface area contributed by atoms with Gasteiger partial charge >= 0.3 is 0 Å². The fraction of sp³-hybridized carbons (Fsp3) is 0.600. The lowest BCUT2D eigenvalue weighted by atomic mass is 9.84. The maximum Gasteiger partial charge on any atom is 0.123 e. The van der Waals surface area contributed by atoms with Crippen molar-refractivity contribution in [3.8, 4) is 0 Å². The van der Waals surface area contributed by atoms with Gasteiger partial charge in [0.2, 0.25) is 0 Å². The van der Waals surface area contributed by atoms with Crippen LogP contribution in [0.4, 0.5) is 4.39 Å². The summed E-state index contributed by atoms with van der Waals surface area (Å²) >= 11 is 0. The summed E-state index contributed by atoms with van der Waals surface area (Å²) in [5.41, 5.74) is 1.43. The summed E-state index contributed by atoms with van der Waals surface area (Å²) in [5, 5.41) is 3.20. The van der Waals surface area contributed by atoms with Crippen molar-refractivity contribution in [3.05, 3.63) is 35.6 Å². The van der Waals surface area contributed by atoms with E-state index in [0.29, 0.717) is 11.3 Å². The molecular weight excluding hydrogens is 213 g/mol. The Balaban J connectivity index is 2.71. The molecule has 96 valence electrons. The van der Waals surface area contributed by atoms with Crippen LogP contribution < -0.4 is 5.32 Å². The van der Waals surface area contributed by atoms with Crippen molar-refractivity contribution in [2.45, 2.75) is 39.5 Å². The van der Waals surface area contributed by atoms with Crippen LogP contribution in [0.3, 0.4) is 0 Å². The molecule has 1 N–H and O–H groups in total. The molecule has 0 radical (unpaired) electrons. The minimum absolute atomic E-state index is 0.139. The Bertz CT molecular complexity index is 341. The van der Waals surface area contributed by atoms with Gasteiger partial charge in [-0.15, -0.1) is 0 Å². The zero-order valence-corrected chi connectivity index (χ0v) is 11.4. The molecule has 0 saturated carbocycles. The summed E-state index contributed by atoms with van der Waals surface area (Å²) in [6, 6.07) is 6.98. The molecule has 1 nitrogen and oxygen atoms in total. The first kappa shape index (κ1) is 14.2. The average Bonchev–Trinajstić information content (AvgIpc) is 2.23. The van der Waals surface area contributed by atoms with Gasteiger partial charge in [0.1, 0.15) is 5.82 Å². The summed E-state index contributed by atoms with van der Waals surface area (Å²) in [5.74, 6) is 0.259. The lowest BCUT2D eigenvalue weighted by Crippen LogP contribution is -2.19. The highest BCUT2D eigenvalue weighted by Gasteiger charge is 2.16. The molecule has 0 fully saturated rings. The van der Waals surface area contributed by atoms with Crippen LogP contribution in [0.1, 0.15) is 45.1 Å². The highest BCUT2D eigenvalue weighted by molar-refractivity contribution is 5.21. The van der Waals surface area contributed by atoms with E-state index in [1.165, 1.54) is 6.07 Å². The van der Waals surface area contributed by atoms with Crippen LogP contribution in [0.15, 0.2) is 24.3 Å². The third-order valence-electron chi connectivity index (χ3n) is 3.01. The van der Waals surface area contributed by atoms with Gasteiger partial charge in [-0.2, -0.15) is 0 Å². The van der Waals surface area contributed by atoms with Crippen LogP contribution in [-0.2, 0) is 0 Å². The average molecular weight is 237 g/mol. The van der Waals surface area contributed by atoms with E-state index in [4.69, 9.17) is 0 Å². The van der Waals surface area contributed by atoms with Crippen molar-refractivity contribution in [1.29, 1.82) is 0 Å². The van der Waals surface area contributed by atoms with E-state index in [0.717, 1.165) is 24.9 Å². The molecule has 0 aliphatic carbocycles. The van der Waals surface area contributed by atoms with Gasteiger partial charge in [0.25, 0.3) is 0 Å². The standard InChI is InChI=1S/C15H24FN/c1-15(2,3)9-8-13(11-17-4)12-6-5-7-14(16)10-12/h5-7,10,13,17H,8-9,11H2,1-4H3. The van der Waals surface area contributed by atoms with Crippen LogP contribution in [-0.4, -0.2) is 13.6 Å². The van der Waals surface area contributed by atoms with Crippen LogP contribution >= 0.6 is 0 Å². The quantitative estimate of drug-likeness (QED) is 0.817. The molecule has 17 heavy (non-hydrogen) atoms. The molecular formula is C15H24FN. The van der Waals surface area contributed by atoms with Gasteiger partial charge in [-0.25, -0.2) is 4.39 Å². The predicted octanol–water partition coefficient (Wildman–Crippen LogP) is 3.96. The number of hydrogen-bond acceptors (Lipinski definition) is 1. The number of halogens is 1. The first-order valence-electron chi connectivity index (χ1n) is 6.32. The molecule has 1 atom stereocenters. The molecule has 1 rings (SSSR count). The van der Waals surface area contributed by atoms with E-state index in [1.807, 2.05) is 13.1 Å². The molecule has 0 saturated heterocycles. The van der Waals surface area contributed by atoms with Gasteiger partial charge in [-0.1, -0.05) is 32.9 Å². The lowest BCUT2D eigenvalue weighted by molar-refractivity contribution is 0.346. The minimum atomic E-state index is -0.139. The Morgan fingerprint density at radius 1 is 1.29 bits per heavy atom. The maximum absolute atomic E-state index is 13.2. The number of likely N-dealkylation sites (N-methyl/N-ethyl adjacent to an activating group) is 1. The van der Waals surface area contributed by atoms with E-state index in [1.54, 1.807) is 12.1 Å². The molecule has 0 bridgehead atoms. The Hall–Kier alpha value is -0.890. The summed E-state index contributed by atoms with van der Waals surface area (Å²) in [7, 11) is 1.95. The predicted molar refractivity (Wildman–Crippen MR) is 71.8 cm³/mol. The Labute approximate surface area is 104 Å². The zero-order valence-electron chi connectivity index (χ0n) is 11.4. The van der Waals surface area contributed by atoms with Gasteiger partial charge in [-0.05, 0) is 48.9 Å². The Morgan fingerprint density at radius 3 is 2.53 bits per heavy atom. The van der Waals surface area contributed by atoms with Crippen LogP contribution in [0.2, 0.25) is 0 Å². The van der Waals surface area contributed by atoms with E-state index in [-0.39, 0.29) is 5.82 Å². The van der Waals surface area contributed by atoms with E-state index in [9.17, 15) is 4.39 Å². The summed E-state index contributed by atoms with van der Waals surface area (Å²) in [6.45, 7) is 7.64. The smallest absolute Gasteiger partial charge is 0.123 e. The van der Waals surface area contributed by atoms with Crippen LogP contribution in [0.25, 0.3) is 0 Å². The van der Waals surface area contributed by atoms with Crippen molar-refractivity contribution in [3.63, 3.8) is 0 Å². The Morgan fingerprint density at radius 2 is 2.00 bits per heavy atom. The number of nitrogens with one attached hydrogen (secondary N) is 1. The summed E-state index contributed by atoms with van der Waals surface area (Å²) in [4.78, 5) is 0. The molecule has 1 aromatic rings. The molecule has 0 spiro atoms. The SMILES string of the molecule is CNCC(CCC(C)(C)C)c1cccc(F)c1. The largest absolute Gasteiger partial charge is 0.319 e. The minimum Gasteiger partial charge on any atom is -0.319 e. The lowest BCUT2D eigenvalue weighted by Gasteiger charge is -2.23. The molecule has 0 aliphatic rings. The third kappa shape index (κ3) is 5.31. The number of hydrogen-bond donors (Lipinski definition) is 1. The van der Waals surface area contributed by atoms with Crippen molar-refractivity contribution < 1.29 is 4.39 Å². The van der Waals surface area contributed by atoms with E-state index >= 15 is 0 Å². The molecule has 1 unspecified atom stereocenters. The zero-order chi connectivity index (χ0) is 12.9. The second kappa shape index (κ2) is 6.15. The fourth-order valence-electron chi connectivity index (χ4n) is 2.00. The summed E-state index contributed by atoms with van der Waals surface area (Å²) < 4.78 is 13.2. The molecule has 0 aromatic heterocycles. The van der Waals surface area contributed by atoms with Crippen molar-refractivity contribution >= 4 is 0 Å². The van der Waals surface area contributed by atoms with E-state index in [2.05, 4.69) is 26.1 Å². The highest BCUT2D eigenvalue weighted by atomic mass is 19.1. The van der Waals surface area contributed by atoms with Crippen LogP contribution in [0, 0.1) is 11.2 Å². The normalized spacial score (nSPS) is 13.7.